The van der Waals surface area contributed by atoms with Crippen molar-refractivity contribution in [3.8, 4) is 6.07 Å². The molecule has 1 aromatic rings. The molecule has 17 heavy (non-hydrogen) atoms. The minimum Gasteiger partial charge on any atom is -0.290 e. The van der Waals surface area contributed by atoms with Gasteiger partial charge in [0.25, 0.3) is 0 Å². The summed E-state index contributed by atoms with van der Waals surface area (Å²) in [4.78, 5) is 2.26. The van der Waals surface area contributed by atoms with Gasteiger partial charge in [-0.15, -0.1) is 0 Å². The lowest BCUT2D eigenvalue weighted by Gasteiger charge is -2.18. The van der Waals surface area contributed by atoms with Gasteiger partial charge in [0.15, 0.2) is 0 Å². The fourth-order valence-corrected chi connectivity index (χ4v) is 2.06. The Morgan fingerprint density at radius 1 is 1.29 bits per heavy atom. The van der Waals surface area contributed by atoms with Crippen LogP contribution in [0, 0.1) is 17.2 Å². The number of nitriles is 1. The van der Waals surface area contributed by atoms with Crippen molar-refractivity contribution in [2.75, 3.05) is 19.6 Å². The molecule has 0 amide bonds. The van der Waals surface area contributed by atoms with Crippen LogP contribution in [-0.2, 0) is 6.42 Å². The fraction of sp³-hybridized carbons (Fsp3) is 0.500. The Kier molecular flexibility index (Phi) is 4.42. The molecule has 0 radical (unpaired) electrons. The molecular formula is C14H17ClN2. The molecule has 0 heterocycles. The first-order valence-electron chi connectivity index (χ1n) is 6.11. The van der Waals surface area contributed by atoms with Crippen LogP contribution in [0.25, 0.3) is 0 Å². The van der Waals surface area contributed by atoms with Crippen LogP contribution in [0.5, 0.6) is 0 Å². The van der Waals surface area contributed by atoms with Gasteiger partial charge >= 0.3 is 0 Å². The Balaban J connectivity index is 1.81. The average Bonchev–Trinajstić information content (AvgIpc) is 3.12. The predicted molar refractivity (Wildman–Crippen MR) is 69.9 cm³/mol. The van der Waals surface area contributed by atoms with Gasteiger partial charge in [0.2, 0.25) is 0 Å². The van der Waals surface area contributed by atoms with Gasteiger partial charge in [0, 0.05) is 18.1 Å². The molecule has 3 heteroatoms. The fourth-order valence-electron chi connectivity index (χ4n) is 1.94. The standard InChI is InChI=1S/C14H17ClN2/c15-14-5-3-12(4-6-14)7-9-17(10-8-16)11-13-1-2-13/h3-6,13H,1-2,7,9-11H2. The SMILES string of the molecule is N#CCN(CCc1ccc(Cl)cc1)CC1CC1. The van der Waals surface area contributed by atoms with E-state index in [2.05, 4.69) is 23.1 Å². The molecule has 0 unspecified atom stereocenters. The second-order valence-electron chi connectivity index (χ2n) is 4.71. The summed E-state index contributed by atoms with van der Waals surface area (Å²) in [6.45, 7) is 2.59. The van der Waals surface area contributed by atoms with Crippen LogP contribution < -0.4 is 0 Å². The van der Waals surface area contributed by atoms with Crippen LogP contribution in [0.1, 0.15) is 18.4 Å². The number of hydrogen-bond acceptors (Lipinski definition) is 2. The summed E-state index contributed by atoms with van der Waals surface area (Å²) in [5.41, 5.74) is 1.29. The summed E-state index contributed by atoms with van der Waals surface area (Å²) in [7, 11) is 0. The summed E-state index contributed by atoms with van der Waals surface area (Å²) >= 11 is 5.85. The first kappa shape index (κ1) is 12.4. The van der Waals surface area contributed by atoms with Crippen LogP contribution >= 0.6 is 11.6 Å². The molecule has 1 aliphatic rings. The molecule has 0 spiro atoms. The van der Waals surface area contributed by atoms with Gasteiger partial charge in [-0.3, -0.25) is 4.90 Å². The molecule has 0 saturated heterocycles. The summed E-state index contributed by atoms with van der Waals surface area (Å²) in [5, 5.41) is 9.57. The highest BCUT2D eigenvalue weighted by Gasteiger charge is 2.23. The molecule has 0 bridgehead atoms. The van der Waals surface area contributed by atoms with Gasteiger partial charge in [-0.05, 0) is 42.9 Å². The monoisotopic (exact) mass is 248 g/mol. The van der Waals surface area contributed by atoms with Gasteiger partial charge in [-0.1, -0.05) is 23.7 Å². The van der Waals surface area contributed by atoms with E-state index in [1.54, 1.807) is 0 Å². The van der Waals surface area contributed by atoms with Gasteiger partial charge in [0.05, 0.1) is 12.6 Å². The first-order chi connectivity index (χ1) is 8.28. The van der Waals surface area contributed by atoms with E-state index in [4.69, 9.17) is 16.9 Å². The van der Waals surface area contributed by atoms with Gasteiger partial charge in [-0.25, -0.2) is 0 Å². The van der Waals surface area contributed by atoms with Crippen molar-refractivity contribution >= 4 is 11.6 Å². The maximum absolute atomic E-state index is 8.79. The van der Waals surface area contributed by atoms with Crippen LogP contribution in [-0.4, -0.2) is 24.5 Å². The van der Waals surface area contributed by atoms with Crippen molar-refractivity contribution in [1.29, 1.82) is 5.26 Å². The number of halogens is 1. The van der Waals surface area contributed by atoms with Crippen molar-refractivity contribution in [3.63, 3.8) is 0 Å². The minimum absolute atomic E-state index is 0.546. The van der Waals surface area contributed by atoms with Crippen LogP contribution in [0.4, 0.5) is 0 Å². The van der Waals surface area contributed by atoms with Gasteiger partial charge in [-0.2, -0.15) is 5.26 Å². The Morgan fingerprint density at radius 2 is 2.00 bits per heavy atom. The van der Waals surface area contributed by atoms with Crippen molar-refractivity contribution in [1.82, 2.24) is 4.90 Å². The van der Waals surface area contributed by atoms with E-state index in [0.717, 1.165) is 30.5 Å². The van der Waals surface area contributed by atoms with E-state index in [9.17, 15) is 0 Å². The molecule has 2 nitrogen and oxygen atoms in total. The third-order valence-corrected chi connectivity index (χ3v) is 3.39. The zero-order valence-electron chi connectivity index (χ0n) is 9.90. The predicted octanol–water partition coefficient (Wildman–Crippen LogP) is 3.12. The van der Waals surface area contributed by atoms with Crippen LogP contribution in [0.15, 0.2) is 24.3 Å². The van der Waals surface area contributed by atoms with Crippen molar-refractivity contribution in [2.24, 2.45) is 5.92 Å². The number of benzene rings is 1. The smallest absolute Gasteiger partial charge is 0.0866 e. The molecule has 0 atom stereocenters. The Bertz CT molecular complexity index is 390. The largest absolute Gasteiger partial charge is 0.290 e. The molecule has 0 aliphatic heterocycles. The molecule has 1 aromatic carbocycles. The third kappa shape index (κ3) is 4.38. The molecule has 90 valence electrons. The van der Waals surface area contributed by atoms with Gasteiger partial charge < -0.3 is 0 Å². The molecule has 0 N–H and O–H groups in total. The average molecular weight is 249 g/mol. The van der Waals surface area contributed by atoms with Gasteiger partial charge in [0.1, 0.15) is 0 Å². The molecule has 0 aromatic heterocycles. The Hall–Kier alpha value is -1.04. The minimum atomic E-state index is 0.546. The first-order valence-corrected chi connectivity index (χ1v) is 6.49. The maximum atomic E-state index is 8.79. The number of rotatable bonds is 6. The second kappa shape index (κ2) is 6.05. The highest BCUT2D eigenvalue weighted by Crippen LogP contribution is 2.29. The molecule has 2 rings (SSSR count). The molecule has 1 fully saturated rings. The van der Waals surface area contributed by atoms with Crippen molar-refractivity contribution in [2.45, 2.75) is 19.3 Å². The van der Waals surface area contributed by atoms with E-state index in [-0.39, 0.29) is 0 Å². The lowest BCUT2D eigenvalue weighted by Crippen LogP contribution is -2.28. The maximum Gasteiger partial charge on any atom is 0.0866 e. The number of nitrogens with zero attached hydrogens (tertiary/aromatic N) is 2. The highest BCUT2D eigenvalue weighted by molar-refractivity contribution is 6.30. The second-order valence-corrected chi connectivity index (χ2v) is 5.15. The van der Waals surface area contributed by atoms with E-state index in [1.807, 2.05) is 12.1 Å². The highest BCUT2D eigenvalue weighted by atomic mass is 35.5. The topological polar surface area (TPSA) is 27.0 Å². The van der Waals surface area contributed by atoms with Crippen LogP contribution in [0.3, 0.4) is 0 Å². The van der Waals surface area contributed by atoms with E-state index >= 15 is 0 Å². The van der Waals surface area contributed by atoms with E-state index in [0.29, 0.717) is 6.54 Å². The van der Waals surface area contributed by atoms with Crippen molar-refractivity contribution < 1.29 is 0 Å². The quantitative estimate of drug-likeness (QED) is 0.724. The summed E-state index contributed by atoms with van der Waals surface area (Å²) in [6.07, 6.45) is 3.66. The van der Waals surface area contributed by atoms with Crippen LogP contribution in [0.2, 0.25) is 5.02 Å². The van der Waals surface area contributed by atoms with E-state index < -0.39 is 0 Å². The third-order valence-electron chi connectivity index (χ3n) is 3.14. The van der Waals surface area contributed by atoms with Crippen molar-refractivity contribution in [3.05, 3.63) is 34.9 Å². The normalized spacial score (nSPS) is 14.9. The zero-order valence-corrected chi connectivity index (χ0v) is 10.7. The molecule has 1 aliphatic carbocycles. The summed E-state index contributed by atoms with van der Waals surface area (Å²) in [6, 6.07) is 10.2. The molecule has 1 saturated carbocycles. The summed E-state index contributed by atoms with van der Waals surface area (Å²) < 4.78 is 0. The lowest BCUT2D eigenvalue weighted by molar-refractivity contribution is 0.297. The summed E-state index contributed by atoms with van der Waals surface area (Å²) in [5.74, 6) is 0.841. The number of hydrogen-bond donors (Lipinski definition) is 0. The zero-order chi connectivity index (χ0) is 12.1. The molecular weight excluding hydrogens is 232 g/mol. The lowest BCUT2D eigenvalue weighted by atomic mass is 10.1. The van der Waals surface area contributed by atoms with E-state index in [1.165, 1.54) is 18.4 Å². The Morgan fingerprint density at radius 3 is 2.59 bits per heavy atom. The Labute approximate surface area is 108 Å².